The van der Waals surface area contributed by atoms with Gasteiger partial charge in [0.25, 0.3) is 0 Å². The molecule has 0 bridgehead atoms. The topological polar surface area (TPSA) is 43.8 Å². The lowest BCUT2D eigenvalue weighted by Gasteiger charge is -2.08. The molecule has 0 saturated heterocycles. The van der Waals surface area contributed by atoms with Crippen LogP contribution in [0.4, 0.5) is 0 Å². The fourth-order valence-electron chi connectivity index (χ4n) is 2.65. The van der Waals surface area contributed by atoms with Crippen LogP contribution in [0.5, 0.6) is 0 Å². The Balaban J connectivity index is 1.97. The van der Waals surface area contributed by atoms with Crippen LogP contribution in [0.2, 0.25) is 0 Å². The van der Waals surface area contributed by atoms with Crippen LogP contribution in [0, 0.1) is 0 Å². The molecule has 0 radical (unpaired) electrons. The van der Waals surface area contributed by atoms with Crippen LogP contribution in [-0.2, 0) is 19.9 Å². The number of fused-ring (bicyclic) bond motifs is 1. The smallest absolute Gasteiger partial charge is 0.113 e. The Morgan fingerprint density at radius 3 is 2.75 bits per heavy atom. The summed E-state index contributed by atoms with van der Waals surface area (Å²) in [5.41, 5.74) is 8.14. The SMILES string of the molecule is Cn1c(CCN)cnc1Cc1cccc2ccccc12. The number of nitrogens with zero attached hydrogens (tertiary/aromatic N) is 2. The molecule has 0 unspecified atom stereocenters. The van der Waals surface area contributed by atoms with Crippen LogP contribution < -0.4 is 5.73 Å². The van der Waals surface area contributed by atoms with Gasteiger partial charge in [0.05, 0.1) is 0 Å². The zero-order valence-electron chi connectivity index (χ0n) is 11.7. The summed E-state index contributed by atoms with van der Waals surface area (Å²) in [6.45, 7) is 0.660. The molecule has 0 atom stereocenters. The van der Waals surface area contributed by atoms with Gasteiger partial charge in [0, 0.05) is 31.8 Å². The van der Waals surface area contributed by atoms with Crippen molar-refractivity contribution in [2.75, 3.05) is 6.54 Å². The molecular formula is C17H19N3. The molecule has 0 aliphatic carbocycles. The van der Waals surface area contributed by atoms with Gasteiger partial charge in [-0.1, -0.05) is 42.5 Å². The summed E-state index contributed by atoms with van der Waals surface area (Å²) in [5.74, 6) is 1.09. The number of rotatable bonds is 4. The lowest BCUT2D eigenvalue weighted by atomic mass is 10.0. The van der Waals surface area contributed by atoms with Crippen molar-refractivity contribution in [3.63, 3.8) is 0 Å². The van der Waals surface area contributed by atoms with Crippen molar-refractivity contribution in [2.24, 2.45) is 12.8 Å². The molecule has 0 saturated carbocycles. The average Bonchev–Trinajstić information content (AvgIpc) is 2.81. The molecular weight excluding hydrogens is 246 g/mol. The Morgan fingerprint density at radius 2 is 1.90 bits per heavy atom. The van der Waals surface area contributed by atoms with Gasteiger partial charge in [-0.25, -0.2) is 4.98 Å². The fourth-order valence-corrected chi connectivity index (χ4v) is 2.65. The summed E-state index contributed by atoms with van der Waals surface area (Å²) in [7, 11) is 2.07. The molecule has 2 aromatic carbocycles. The molecule has 0 aliphatic rings. The van der Waals surface area contributed by atoms with E-state index in [4.69, 9.17) is 5.73 Å². The van der Waals surface area contributed by atoms with Gasteiger partial charge in [0.1, 0.15) is 5.82 Å². The number of benzene rings is 2. The highest BCUT2D eigenvalue weighted by Crippen LogP contribution is 2.21. The molecule has 0 aliphatic heterocycles. The van der Waals surface area contributed by atoms with E-state index in [0.29, 0.717) is 6.54 Å². The number of aromatic nitrogens is 2. The second-order valence-corrected chi connectivity index (χ2v) is 5.08. The predicted octanol–water partition coefficient (Wildman–Crippen LogP) is 2.67. The highest BCUT2D eigenvalue weighted by Gasteiger charge is 2.08. The van der Waals surface area contributed by atoms with E-state index >= 15 is 0 Å². The van der Waals surface area contributed by atoms with Gasteiger partial charge in [0.15, 0.2) is 0 Å². The summed E-state index contributed by atoms with van der Waals surface area (Å²) < 4.78 is 2.16. The third-order valence-corrected chi connectivity index (χ3v) is 3.81. The summed E-state index contributed by atoms with van der Waals surface area (Å²) in [4.78, 5) is 4.54. The molecule has 3 aromatic rings. The van der Waals surface area contributed by atoms with Gasteiger partial charge in [0.2, 0.25) is 0 Å². The molecule has 2 N–H and O–H groups in total. The van der Waals surface area contributed by atoms with Gasteiger partial charge < -0.3 is 10.3 Å². The van der Waals surface area contributed by atoms with E-state index in [1.54, 1.807) is 0 Å². The standard InChI is InChI=1S/C17H19N3/c1-20-15(9-10-18)12-19-17(20)11-14-7-4-6-13-5-2-3-8-16(13)14/h2-8,12H,9-11,18H2,1H3. The van der Waals surface area contributed by atoms with Crippen molar-refractivity contribution >= 4 is 10.8 Å². The Bertz CT molecular complexity index is 723. The quantitative estimate of drug-likeness (QED) is 0.788. The molecule has 20 heavy (non-hydrogen) atoms. The van der Waals surface area contributed by atoms with E-state index in [1.807, 2.05) is 6.20 Å². The third-order valence-electron chi connectivity index (χ3n) is 3.81. The maximum atomic E-state index is 5.62. The average molecular weight is 265 g/mol. The lowest BCUT2D eigenvalue weighted by Crippen LogP contribution is -2.08. The maximum absolute atomic E-state index is 5.62. The molecule has 102 valence electrons. The summed E-state index contributed by atoms with van der Waals surface area (Å²) in [6.07, 6.45) is 3.66. The zero-order chi connectivity index (χ0) is 13.9. The van der Waals surface area contributed by atoms with E-state index in [9.17, 15) is 0 Å². The Kier molecular flexibility index (Phi) is 3.52. The highest BCUT2D eigenvalue weighted by atomic mass is 15.1. The van der Waals surface area contributed by atoms with Crippen LogP contribution in [0.3, 0.4) is 0 Å². The maximum Gasteiger partial charge on any atom is 0.113 e. The molecule has 3 heteroatoms. The zero-order valence-corrected chi connectivity index (χ0v) is 11.7. The van der Waals surface area contributed by atoms with Crippen LogP contribution in [0.15, 0.2) is 48.7 Å². The van der Waals surface area contributed by atoms with E-state index < -0.39 is 0 Å². The van der Waals surface area contributed by atoms with Crippen molar-refractivity contribution in [3.05, 3.63) is 65.7 Å². The number of hydrogen-bond donors (Lipinski definition) is 1. The summed E-state index contributed by atoms with van der Waals surface area (Å²) >= 11 is 0. The van der Waals surface area contributed by atoms with Crippen LogP contribution in [-0.4, -0.2) is 16.1 Å². The highest BCUT2D eigenvalue weighted by molar-refractivity contribution is 5.85. The number of imidazole rings is 1. The monoisotopic (exact) mass is 265 g/mol. The molecule has 1 aromatic heterocycles. The van der Waals surface area contributed by atoms with Crippen molar-refractivity contribution < 1.29 is 0 Å². The summed E-state index contributed by atoms with van der Waals surface area (Å²) in [5, 5.41) is 2.58. The first-order valence-corrected chi connectivity index (χ1v) is 6.96. The third kappa shape index (κ3) is 2.32. The molecule has 0 spiro atoms. The normalized spacial score (nSPS) is 11.1. The Labute approximate surface area is 119 Å². The molecule has 3 nitrogen and oxygen atoms in total. The number of hydrogen-bond acceptors (Lipinski definition) is 2. The first-order chi connectivity index (χ1) is 9.79. The van der Waals surface area contributed by atoms with Crippen LogP contribution in [0.25, 0.3) is 10.8 Å². The Hall–Kier alpha value is -2.13. The van der Waals surface area contributed by atoms with E-state index in [1.165, 1.54) is 22.0 Å². The van der Waals surface area contributed by atoms with Crippen molar-refractivity contribution in [1.82, 2.24) is 9.55 Å². The first-order valence-electron chi connectivity index (χ1n) is 6.96. The second kappa shape index (κ2) is 5.47. The molecule has 3 rings (SSSR count). The van der Waals surface area contributed by atoms with Crippen molar-refractivity contribution in [1.29, 1.82) is 0 Å². The van der Waals surface area contributed by atoms with Crippen LogP contribution >= 0.6 is 0 Å². The number of nitrogens with two attached hydrogens (primary N) is 1. The molecule has 0 fully saturated rings. The van der Waals surface area contributed by atoms with Gasteiger partial charge in [-0.3, -0.25) is 0 Å². The first kappa shape index (κ1) is 12.9. The minimum absolute atomic E-state index is 0.660. The lowest BCUT2D eigenvalue weighted by molar-refractivity contribution is 0.759. The van der Waals surface area contributed by atoms with Gasteiger partial charge in [-0.05, 0) is 22.9 Å². The van der Waals surface area contributed by atoms with E-state index in [0.717, 1.165) is 18.7 Å². The minimum Gasteiger partial charge on any atom is -0.335 e. The van der Waals surface area contributed by atoms with Crippen molar-refractivity contribution in [2.45, 2.75) is 12.8 Å². The van der Waals surface area contributed by atoms with Gasteiger partial charge in [-0.2, -0.15) is 0 Å². The molecule has 1 heterocycles. The van der Waals surface area contributed by atoms with Crippen LogP contribution in [0.1, 0.15) is 17.1 Å². The van der Waals surface area contributed by atoms with E-state index in [-0.39, 0.29) is 0 Å². The predicted molar refractivity (Wildman–Crippen MR) is 82.7 cm³/mol. The van der Waals surface area contributed by atoms with Gasteiger partial charge in [-0.15, -0.1) is 0 Å². The van der Waals surface area contributed by atoms with E-state index in [2.05, 4.69) is 59.1 Å². The summed E-state index contributed by atoms with van der Waals surface area (Å²) in [6, 6.07) is 14.9. The Morgan fingerprint density at radius 1 is 1.10 bits per heavy atom. The van der Waals surface area contributed by atoms with Crippen molar-refractivity contribution in [3.8, 4) is 0 Å². The van der Waals surface area contributed by atoms with Gasteiger partial charge >= 0.3 is 0 Å². The molecule has 0 amide bonds. The minimum atomic E-state index is 0.660. The fraction of sp³-hybridized carbons (Fsp3) is 0.235. The largest absolute Gasteiger partial charge is 0.335 e. The second-order valence-electron chi connectivity index (χ2n) is 5.08.